The largest absolute Gasteiger partial charge is 0.356 e. The van der Waals surface area contributed by atoms with Crippen molar-refractivity contribution in [1.29, 1.82) is 0 Å². The number of fused-ring (bicyclic) bond motifs is 1. The molecule has 5 heterocycles. The highest BCUT2D eigenvalue weighted by atomic mass is 15.3. The monoisotopic (exact) mass is 397 g/mol. The predicted molar refractivity (Wildman–Crippen MR) is 116 cm³/mol. The lowest BCUT2D eigenvalue weighted by Crippen LogP contribution is -2.33. The molecule has 0 N–H and O–H groups in total. The lowest BCUT2D eigenvalue weighted by Gasteiger charge is -2.38. The van der Waals surface area contributed by atoms with E-state index in [1.807, 2.05) is 36.1 Å². The van der Waals surface area contributed by atoms with Gasteiger partial charge in [-0.05, 0) is 49.8 Å². The summed E-state index contributed by atoms with van der Waals surface area (Å²) in [4.78, 5) is 20.8. The molecule has 2 fully saturated rings. The summed E-state index contributed by atoms with van der Waals surface area (Å²) in [5.74, 6) is 1.86. The Labute approximate surface area is 174 Å². The van der Waals surface area contributed by atoms with Crippen LogP contribution in [0.1, 0.15) is 31.4 Å². The minimum Gasteiger partial charge on any atom is -0.356 e. The van der Waals surface area contributed by atoms with Gasteiger partial charge in [0.1, 0.15) is 11.5 Å². The number of aryl methyl sites for hydroxylation is 1. The fourth-order valence-corrected chi connectivity index (χ4v) is 4.75. The van der Waals surface area contributed by atoms with Gasteiger partial charge in [-0.3, -0.25) is 9.97 Å². The van der Waals surface area contributed by atoms with Crippen LogP contribution in [0.15, 0.2) is 49.1 Å². The van der Waals surface area contributed by atoms with Crippen LogP contribution in [0, 0.1) is 12.3 Å². The quantitative estimate of drug-likeness (QED) is 0.521. The summed E-state index contributed by atoms with van der Waals surface area (Å²) < 4.78 is 1.89. The van der Waals surface area contributed by atoms with Crippen molar-refractivity contribution in [1.82, 2.24) is 29.7 Å². The highest BCUT2D eigenvalue weighted by Gasteiger charge is 2.43. The van der Waals surface area contributed by atoms with Crippen molar-refractivity contribution in [2.24, 2.45) is 5.41 Å². The van der Waals surface area contributed by atoms with Crippen molar-refractivity contribution < 1.29 is 0 Å². The Balaban J connectivity index is 1.38. The van der Waals surface area contributed by atoms with Crippen LogP contribution < -0.4 is 4.90 Å². The third-order valence-corrected chi connectivity index (χ3v) is 6.58. The van der Waals surface area contributed by atoms with Crippen molar-refractivity contribution in [3.63, 3.8) is 0 Å². The van der Waals surface area contributed by atoms with Crippen LogP contribution in [-0.4, -0.2) is 42.8 Å². The van der Waals surface area contributed by atoms with Gasteiger partial charge < -0.3 is 4.90 Å². The van der Waals surface area contributed by atoms with Crippen LogP contribution in [0.25, 0.3) is 28.1 Å². The molecule has 0 aromatic carbocycles. The topological polar surface area (TPSA) is 72.6 Å². The maximum absolute atomic E-state index is 4.97. The fourth-order valence-electron chi connectivity index (χ4n) is 4.75. The Hall–Kier alpha value is -3.35. The van der Waals surface area contributed by atoms with Crippen molar-refractivity contribution in [3.05, 3.63) is 54.7 Å². The van der Waals surface area contributed by atoms with E-state index in [0.29, 0.717) is 5.41 Å². The first-order chi connectivity index (χ1) is 14.7. The van der Waals surface area contributed by atoms with Crippen molar-refractivity contribution in [3.8, 4) is 17.2 Å². The molecule has 0 bridgehead atoms. The minimum absolute atomic E-state index is 0.547. The summed E-state index contributed by atoms with van der Waals surface area (Å²) in [6.07, 6.45) is 12.6. The molecule has 6 rings (SSSR count). The average molecular weight is 397 g/mol. The number of hydrogen-bond acceptors (Lipinski definition) is 6. The molecule has 7 heteroatoms. The van der Waals surface area contributed by atoms with Gasteiger partial charge in [-0.2, -0.15) is 5.10 Å². The summed E-state index contributed by atoms with van der Waals surface area (Å²) in [5, 5.41) is 5.57. The van der Waals surface area contributed by atoms with Gasteiger partial charge >= 0.3 is 0 Å². The molecular formula is C23H23N7. The Morgan fingerprint density at radius 2 is 1.83 bits per heavy atom. The van der Waals surface area contributed by atoms with Crippen LogP contribution in [0.3, 0.4) is 0 Å². The lowest BCUT2D eigenvalue weighted by molar-refractivity contribution is 0.165. The Kier molecular flexibility index (Phi) is 3.84. The van der Waals surface area contributed by atoms with Gasteiger partial charge in [0.15, 0.2) is 5.82 Å². The van der Waals surface area contributed by atoms with E-state index >= 15 is 0 Å². The fraction of sp³-hybridized carbons (Fsp3) is 0.348. The third-order valence-electron chi connectivity index (χ3n) is 6.58. The second kappa shape index (κ2) is 6.58. The Morgan fingerprint density at radius 3 is 2.63 bits per heavy atom. The molecule has 1 saturated heterocycles. The first-order valence-corrected chi connectivity index (χ1v) is 10.5. The molecule has 150 valence electrons. The molecule has 4 aromatic rings. The number of hydrogen-bond donors (Lipinski definition) is 0. The first kappa shape index (κ1) is 17.5. The van der Waals surface area contributed by atoms with E-state index in [9.17, 15) is 0 Å². The van der Waals surface area contributed by atoms with Gasteiger partial charge in [-0.25, -0.2) is 14.6 Å². The second-order valence-corrected chi connectivity index (χ2v) is 8.61. The van der Waals surface area contributed by atoms with Crippen LogP contribution in [0.2, 0.25) is 0 Å². The molecular weight excluding hydrogens is 374 g/mol. The summed E-state index contributed by atoms with van der Waals surface area (Å²) in [7, 11) is 0. The zero-order valence-corrected chi connectivity index (χ0v) is 17.0. The molecule has 2 aliphatic rings. The van der Waals surface area contributed by atoms with Gasteiger partial charge in [-0.1, -0.05) is 12.5 Å². The van der Waals surface area contributed by atoms with E-state index in [2.05, 4.69) is 37.1 Å². The average Bonchev–Trinajstić information content (AvgIpc) is 3.38. The van der Waals surface area contributed by atoms with Gasteiger partial charge in [-0.15, -0.1) is 0 Å². The molecule has 0 unspecified atom stereocenters. The summed E-state index contributed by atoms with van der Waals surface area (Å²) in [5.41, 5.74) is 3.92. The molecule has 4 aromatic heterocycles. The van der Waals surface area contributed by atoms with Crippen molar-refractivity contribution in [2.45, 2.75) is 32.6 Å². The first-order valence-electron chi connectivity index (χ1n) is 10.5. The number of anilines is 1. The number of aromatic nitrogens is 6. The van der Waals surface area contributed by atoms with Crippen LogP contribution >= 0.6 is 0 Å². The van der Waals surface area contributed by atoms with E-state index in [4.69, 9.17) is 4.98 Å². The second-order valence-electron chi connectivity index (χ2n) is 8.61. The number of pyridine rings is 2. The zero-order valence-electron chi connectivity index (χ0n) is 17.0. The summed E-state index contributed by atoms with van der Waals surface area (Å²) in [6.45, 7) is 4.15. The molecule has 0 radical (unpaired) electrons. The Bertz CT molecular complexity index is 1240. The maximum Gasteiger partial charge on any atom is 0.156 e. The van der Waals surface area contributed by atoms with Gasteiger partial charge in [0.25, 0.3) is 0 Å². The smallest absolute Gasteiger partial charge is 0.156 e. The maximum atomic E-state index is 4.97. The molecule has 0 atom stereocenters. The summed E-state index contributed by atoms with van der Waals surface area (Å²) in [6, 6.07) is 8.21. The molecule has 1 spiro atoms. The van der Waals surface area contributed by atoms with Crippen molar-refractivity contribution in [2.75, 3.05) is 18.0 Å². The van der Waals surface area contributed by atoms with Gasteiger partial charge in [0.2, 0.25) is 0 Å². The van der Waals surface area contributed by atoms with Gasteiger partial charge in [0.05, 0.1) is 29.3 Å². The predicted octanol–water partition coefficient (Wildman–Crippen LogP) is 3.96. The SMILES string of the molecule is Cc1cncc(-c2cc3c(cn2)cnn3-c2cccc(N3CCC4(CCC4)C3)n2)n1. The van der Waals surface area contributed by atoms with E-state index in [1.165, 1.54) is 25.7 Å². The Morgan fingerprint density at radius 1 is 0.933 bits per heavy atom. The highest BCUT2D eigenvalue weighted by Crippen LogP contribution is 2.48. The van der Waals surface area contributed by atoms with E-state index in [-0.39, 0.29) is 0 Å². The third kappa shape index (κ3) is 2.84. The highest BCUT2D eigenvalue weighted by molar-refractivity contribution is 5.82. The lowest BCUT2D eigenvalue weighted by atomic mass is 9.68. The molecule has 30 heavy (non-hydrogen) atoms. The van der Waals surface area contributed by atoms with Crippen LogP contribution in [0.5, 0.6) is 0 Å². The number of nitrogens with zero attached hydrogens (tertiary/aromatic N) is 7. The van der Waals surface area contributed by atoms with E-state index < -0.39 is 0 Å². The zero-order chi connectivity index (χ0) is 20.1. The minimum atomic E-state index is 0.547. The molecule has 1 aliphatic carbocycles. The molecule has 1 aliphatic heterocycles. The van der Waals surface area contributed by atoms with E-state index in [0.717, 1.165) is 52.7 Å². The molecule has 7 nitrogen and oxygen atoms in total. The number of rotatable bonds is 3. The molecule has 1 saturated carbocycles. The van der Waals surface area contributed by atoms with Crippen molar-refractivity contribution >= 4 is 16.7 Å². The standard InChI is InChI=1S/C23H23N7/c1-16-11-24-14-19(27-16)18-10-20-17(12-25-18)13-26-30(20)22-5-2-4-21(28-22)29-9-8-23(15-29)6-3-7-23/h2,4-5,10-14H,3,6-9,15H2,1H3. The van der Waals surface area contributed by atoms with Crippen LogP contribution in [0.4, 0.5) is 5.82 Å². The van der Waals surface area contributed by atoms with Gasteiger partial charge in [0, 0.05) is 30.9 Å². The molecule has 0 amide bonds. The normalized spacial score (nSPS) is 17.6. The van der Waals surface area contributed by atoms with Crippen LogP contribution in [-0.2, 0) is 0 Å². The van der Waals surface area contributed by atoms with E-state index in [1.54, 1.807) is 12.4 Å². The summed E-state index contributed by atoms with van der Waals surface area (Å²) >= 11 is 0.